The monoisotopic (exact) mass is 275 g/mol. The van der Waals surface area contributed by atoms with Gasteiger partial charge in [-0.15, -0.1) is 0 Å². The maximum absolute atomic E-state index is 12.3. The van der Waals surface area contributed by atoms with Gasteiger partial charge in [-0.25, -0.2) is 0 Å². The normalized spacial score (nSPS) is 16.6. The molecule has 1 aliphatic carbocycles. The Bertz CT molecular complexity index is 539. The van der Waals surface area contributed by atoms with Crippen molar-refractivity contribution in [1.29, 1.82) is 0 Å². The highest BCUT2D eigenvalue weighted by Crippen LogP contribution is 2.45. The van der Waals surface area contributed by atoms with Crippen molar-refractivity contribution in [2.45, 2.75) is 39.0 Å². The van der Waals surface area contributed by atoms with E-state index in [1.807, 2.05) is 18.2 Å². The minimum atomic E-state index is -0.818. The molecule has 1 saturated carbocycles. The van der Waals surface area contributed by atoms with Crippen molar-refractivity contribution in [3.63, 3.8) is 0 Å². The summed E-state index contributed by atoms with van der Waals surface area (Å²) in [4.78, 5) is 23.4. The first-order valence-electron chi connectivity index (χ1n) is 6.87. The number of carbonyl (C=O) groups excluding carboxylic acids is 1. The van der Waals surface area contributed by atoms with Gasteiger partial charge < -0.3 is 10.4 Å². The first-order chi connectivity index (χ1) is 9.26. The molecule has 108 valence electrons. The number of nitrogens with one attached hydrogen (secondary N) is 1. The maximum atomic E-state index is 12.3. The Morgan fingerprint density at radius 3 is 2.35 bits per heavy atom. The van der Waals surface area contributed by atoms with Gasteiger partial charge in [0.15, 0.2) is 0 Å². The first-order valence-corrected chi connectivity index (χ1v) is 6.87. The Morgan fingerprint density at radius 1 is 1.25 bits per heavy atom. The van der Waals surface area contributed by atoms with Crippen LogP contribution in [0.2, 0.25) is 0 Å². The zero-order chi connectivity index (χ0) is 15.0. The number of carbonyl (C=O) groups is 2. The average molecular weight is 275 g/mol. The summed E-state index contributed by atoms with van der Waals surface area (Å²) >= 11 is 0. The SMILES string of the molecule is CC(C)(C)c1ccccc1C(=O)NCC1(C(=O)O)CC1. The van der Waals surface area contributed by atoms with Crippen LogP contribution in [-0.2, 0) is 10.2 Å². The molecule has 0 saturated heterocycles. The van der Waals surface area contributed by atoms with E-state index in [1.165, 1.54) is 0 Å². The number of hydrogen-bond acceptors (Lipinski definition) is 2. The van der Waals surface area contributed by atoms with E-state index >= 15 is 0 Å². The Balaban J connectivity index is 2.13. The Hall–Kier alpha value is -1.84. The van der Waals surface area contributed by atoms with Crippen LogP contribution < -0.4 is 5.32 Å². The summed E-state index contributed by atoms with van der Waals surface area (Å²) < 4.78 is 0. The van der Waals surface area contributed by atoms with Crippen LogP contribution in [0.25, 0.3) is 0 Å². The predicted molar refractivity (Wildman–Crippen MR) is 76.8 cm³/mol. The molecule has 1 aliphatic rings. The Labute approximate surface area is 119 Å². The van der Waals surface area contributed by atoms with Crippen LogP contribution in [0.15, 0.2) is 24.3 Å². The maximum Gasteiger partial charge on any atom is 0.311 e. The van der Waals surface area contributed by atoms with E-state index in [2.05, 4.69) is 26.1 Å². The van der Waals surface area contributed by atoms with Crippen LogP contribution in [0.1, 0.15) is 49.5 Å². The van der Waals surface area contributed by atoms with E-state index < -0.39 is 11.4 Å². The smallest absolute Gasteiger partial charge is 0.311 e. The Morgan fingerprint density at radius 2 is 1.85 bits per heavy atom. The highest BCUT2D eigenvalue weighted by atomic mass is 16.4. The fourth-order valence-corrected chi connectivity index (χ4v) is 2.30. The van der Waals surface area contributed by atoms with Gasteiger partial charge in [-0.1, -0.05) is 39.0 Å². The molecule has 4 nitrogen and oxygen atoms in total. The van der Waals surface area contributed by atoms with Gasteiger partial charge in [0.2, 0.25) is 0 Å². The van der Waals surface area contributed by atoms with Crippen LogP contribution in [-0.4, -0.2) is 23.5 Å². The molecule has 1 amide bonds. The molecular weight excluding hydrogens is 254 g/mol. The summed E-state index contributed by atoms with van der Waals surface area (Å²) in [5.41, 5.74) is 0.739. The lowest BCUT2D eigenvalue weighted by Gasteiger charge is -2.22. The lowest BCUT2D eigenvalue weighted by molar-refractivity contribution is -0.143. The van der Waals surface area contributed by atoms with Crippen molar-refractivity contribution >= 4 is 11.9 Å². The zero-order valence-corrected chi connectivity index (χ0v) is 12.2. The van der Waals surface area contributed by atoms with Crippen molar-refractivity contribution in [2.24, 2.45) is 5.41 Å². The number of hydrogen-bond donors (Lipinski definition) is 2. The lowest BCUT2D eigenvalue weighted by Crippen LogP contribution is -2.35. The van der Waals surface area contributed by atoms with Gasteiger partial charge in [0.05, 0.1) is 5.41 Å². The quantitative estimate of drug-likeness (QED) is 0.887. The molecule has 1 aromatic carbocycles. The molecule has 0 radical (unpaired) electrons. The third kappa shape index (κ3) is 2.84. The van der Waals surface area contributed by atoms with Gasteiger partial charge in [-0.2, -0.15) is 0 Å². The highest BCUT2D eigenvalue weighted by Gasteiger charge is 2.50. The number of benzene rings is 1. The van der Waals surface area contributed by atoms with Crippen LogP contribution in [0, 0.1) is 5.41 Å². The molecule has 2 rings (SSSR count). The molecule has 0 atom stereocenters. The number of amides is 1. The molecule has 4 heteroatoms. The van der Waals surface area contributed by atoms with Gasteiger partial charge in [0.1, 0.15) is 0 Å². The topological polar surface area (TPSA) is 66.4 Å². The van der Waals surface area contributed by atoms with Crippen molar-refractivity contribution in [3.05, 3.63) is 35.4 Å². The van der Waals surface area contributed by atoms with E-state index in [-0.39, 0.29) is 17.9 Å². The highest BCUT2D eigenvalue weighted by molar-refractivity contribution is 5.96. The van der Waals surface area contributed by atoms with E-state index in [4.69, 9.17) is 5.11 Å². The van der Waals surface area contributed by atoms with Crippen molar-refractivity contribution in [1.82, 2.24) is 5.32 Å². The van der Waals surface area contributed by atoms with Crippen molar-refractivity contribution in [3.8, 4) is 0 Å². The van der Waals surface area contributed by atoms with Crippen molar-refractivity contribution < 1.29 is 14.7 Å². The summed E-state index contributed by atoms with van der Waals surface area (Å²) in [5.74, 6) is -1.01. The minimum Gasteiger partial charge on any atom is -0.481 e. The summed E-state index contributed by atoms with van der Waals surface area (Å²) in [6, 6.07) is 7.47. The molecule has 20 heavy (non-hydrogen) atoms. The van der Waals surface area contributed by atoms with Gasteiger partial charge in [0, 0.05) is 12.1 Å². The summed E-state index contributed by atoms with van der Waals surface area (Å²) in [6.07, 6.45) is 1.28. The molecule has 0 aliphatic heterocycles. The molecule has 2 N–H and O–H groups in total. The van der Waals surface area contributed by atoms with Crippen LogP contribution in [0.3, 0.4) is 0 Å². The van der Waals surface area contributed by atoms with Gasteiger partial charge in [0.25, 0.3) is 5.91 Å². The second-order valence-corrected chi connectivity index (χ2v) is 6.56. The van der Waals surface area contributed by atoms with E-state index in [0.29, 0.717) is 18.4 Å². The molecule has 0 spiro atoms. The van der Waals surface area contributed by atoms with E-state index in [1.54, 1.807) is 6.07 Å². The minimum absolute atomic E-state index is 0.127. The number of carboxylic acid groups (broad SMARTS) is 1. The second kappa shape index (κ2) is 4.93. The summed E-state index contributed by atoms with van der Waals surface area (Å²) in [5, 5.41) is 11.9. The lowest BCUT2D eigenvalue weighted by atomic mass is 9.83. The molecular formula is C16H21NO3. The van der Waals surface area contributed by atoms with E-state index in [9.17, 15) is 9.59 Å². The first kappa shape index (κ1) is 14.6. The summed E-state index contributed by atoms with van der Waals surface area (Å²) in [6.45, 7) is 6.37. The van der Waals surface area contributed by atoms with Gasteiger partial charge in [-0.3, -0.25) is 9.59 Å². The van der Waals surface area contributed by atoms with Gasteiger partial charge >= 0.3 is 5.97 Å². The molecule has 1 fully saturated rings. The molecule has 0 bridgehead atoms. The standard InChI is InChI=1S/C16H21NO3/c1-15(2,3)12-7-5-4-6-11(12)13(18)17-10-16(8-9-16)14(19)20/h4-7H,8-10H2,1-3H3,(H,17,18)(H,19,20). The molecule has 1 aromatic rings. The van der Waals surface area contributed by atoms with Crippen LogP contribution >= 0.6 is 0 Å². The predicted octanol–water partition coefficient (Wildman–Crippen LogP) is 2.58. The number of carboxylic acids is 1. The third-order valence-corrected chi connectivity index (χ3v) is 3.87. The molecule has 0 heterocycles. The average Bonchev–Trinajstić information content (AvgIpc) is 3.16. The van der Waals surface area contributed by atoms with Crippen LogP contribution in [0.4, 0.5) is 0 Å². The van der Waals surface area contributed by atoms with Crippen LogP contribution in [0.5, 0.6) is 0 Å². The van der Waals surface area contributed by atoms with Gasteiger partial charge in [-0.05, 0) is 29.9 Å². The summed E-state index contributed by atoms with van der Waals surface area (Å²) in [7, 11) is 0. The molecule has 0 unspecified atom stereocenters. The van der Waals surface area contributed by atoms with E-state index in [0.717, 1.165) is 5.56 Å². The number of aliphatic carboxylic acids is 1. The second-order valence-electron chi connectivity index (χ2n) is 6.56. The fraction of sp³-hybridized carbons (Fsp3) is 0.500. The zero-order valence-electron chi connectivity index (χ0n) is 12.2. The Kier molecular flexibility index (Phi) is 3.59. The number of rotatable bonds is 4. The third-order valence-electron chi connectivity index (χ3n) is 3.87. The molecule has 0 aromatic heterocycles. The fourth-order valence-electron chi connectivity index (χ4n) is 2.30. The largest absolute Gasteiger partial charge is 0.481 e. The van der Waals surface area contributed by atoms with Crippen molar-refractivity contribution in [2.75, 3.05) is 6.54 Å².